The van der Waals surface area contributed by atoms with E-state index in [1.165, 1.54) is 11.1 Å². The van der Waals surface area contributed by atoms with Crippen LogP contribution < -0.4 is 0 Å². The Balaban J connectivity index is 2.15. The predicted octanol–water partition coefficient (Wildman–Crippen LogP) is 3.68. The summed E-state index contributed by atoms with van der Waals surface area (Å²) in [6.07, 6.45) is 1.87. The zero-order valence-corrected chi connectivity index (χ0v) is 11.7. The molecule has 18 heavy (non-hydrogen) atoms. The SMILES string of the molecule is CCC(CO)Cc1nc(-c2cccc(C)c2)cs1. The first-order valence-corrected chi connectivity index (χ1v) is 7.23. The van der Waals surface area contributed by atoms with Crippen LogP contribution in [0.25, 0.3) is 11.3 Å². The summed E-state index contributed by atoms with van der Waals surface area (Å²) < 4.78 is 0. The molecule has 0 aliphatic carbocycles. The van der Waals surface area contributed by atoms with E-state index in [1.54, 1.807) is 11.3 Å². The van der Waals surface area contributed by atoms with Gasteiger partial charge in [0, 0.05) is 24.0 Å². The summed E-state index contributed by atoms with van der Waals surface area (Å²) in [5.74, 6) is 0.335. The molecule has 1 heterocycles. The van der Waals surface area contributed by atoms with Crippen molar-refractivity contribution in [2.24, 2.45) is 5.92 Å². The third kappa shape index (κ3) is 3.18. The predicted molar refractivity (Wildman–Crippen MR) is 76.9 cm³/mol. The Morgan fingerprint density at radius 2 is 2.22 bits per heavy atom. The van der Waals surface area contributed by atoms with Crippen molar-refractivity contribution in [1.29, 1.82) is 0 Å². The van der Waals surface area contributed by atoms with Gasteiger partial charge in [-0.3, -0.25) is 0 Å². The van der Waals surface area contributed by atoms with E-state index in [9.17, 15) is 5.11 Å². The zero-order chi connectivity index (χ0) is 13.0. The van der Waals surface area contributed by atoms with Gasteiger partial charge in [-0.15, -0.1) is 11.3 Å². The molecule has 1 N–H and O–H groups in total. The van der Waals surface area contributed by atoms with Crippen LogP contribution in [-0.2, 0) is 6.42 Å². The van der Waals surface area contributed by atoms with Crippen LogP contribution in [-0.4, -0.2) is 16.7 Å². The Hall–Kier alpha value is -1.19. The number of aryl methyl sites for hydroxylation is 1. The molecule has 2 rings (SSSR count). The van der Waals surface area contributed by atoms with Crippen molar-refractivity contribution in [3.63, 3.8) is 0 Å². The van der Waals surface area contributed by atoms with Crippen LogP contribution in [0.1, 0.15) is 23.9 Å². The van der Waals surface area contributed by atoms with Gasteiger partial charge >= 0.3 is 0 Å². The minimum absolute atomic E-state index is 0.246. The van der Waals surface area contributed by atoms with Gasteiger partial charge in [-0.05, 0) is 18.9 Å². The molecule has 0 bridgehead atoms. The topological polar surface area (TPSA) is 33.1 Å². The van der Waals surface area contributed by atoms with Crippen molar-refractivity contribution in [3.05, 3.63) is 40.2 Å². The summed E-state index contributed by atoms with van der Waals surface area (Å²) in [5.41, 5.74) is 3.48. The minimum Gasteiger partial charge on any atom is -0.396 e. The number of aliphatic hydroxyl groups is 1. The highest BCUT2D eigenvalue weighted by Gasteiger charge is 2.10. The molecule has 0 saturated heterocycles. The number of benzene rings is 1. The van der Waals surface area contributed by atoms with Crippen LogP contribution >= 0.6 is 11.3 Å². The Labute approximate surface area is 112 Å². The zero-order valence-electron chi connectivity index (χ0n) is 10.9. The molecule has 1 unspecified atom stereocenters. The molecule has 96 valence electrons. The molecule has 0 radical (unpaired) electrons. The van der Waals surface area contributed by atoms with Gasteiger partial charge in [0.15, 0.2) is 0 Å². The van der Waals surface area contributed by atoms with E-state index in [2.05, 4.69) is 48.5 Å². The van der Waals surface area contributed by atoms with Crippen LogP contribution in [0.2, 0.25) is 0 Å². The molecule has 1 atom stereocenters. The summed E-state index contributed by atoms with van der Waals surface area (Å²) in [4.78, 5) is 4.66. The lowest BCUT2D eigenvalue weighted by molar-refractivity contribution is 0.222. The second-order valence-electron chi connectivity index (χ2n) is 4.66. The van der Waals surface area contributed by atoms with Gasteiger partial charge < -0.3 is 5.11 Å². The first-order chi connectivity index (χ1) is 8.72. The fraction of sp³-hybridized carbons (Fsp3) is 0.400. The number of aromatic nitrogens is 1. The fourth-order valence-electron chi connectivity index (χ4n) is 1.93. The molecular formula is C15H19NOS. The number of nitrogens with zero attached hydrogens (tertiary/aromatic N) is 1. The van der Waals surface area contributed by atoms with Gasteiger partial charge in [0.25, 0.3) is 0 Å². The average molecular weight is 261 g/mol. The first kappa shape index (κ1) is 13.2. The maximum Gasteiger partial charge on any atom is 0.0936 e. The number of thiazole rings is 1. The molecule has 1 aromatic carbocycles. The van der Waals surface area contributed by atoms with Crippen LogP contribution in [0.15, 0.2) is 29.6 Å². The van der Waals surface area contributed by atoms with Crippen molar-refractivity contribution in [3.8, 4) is 11.3 Å². The summed E-state index contributed by atoms with van der Waals surface area (Å²) in [5, 5.41) is 12.4. The highest BCUT2D eigenvalue weighted by Crippen LogP contribution is 2.24. The summed E-state index contributed by atoms with van der Waals surface area (Å²) in [7, 11) is 0. The van der Waals surface area contributed by atoms with Crippen LogP contribution in [0.5, 0.6) is 0 Å². The first-order valence-electron chi connectivity index (χ1n) is 6.35. The van der Waals surface area contributed by atoms with Gasteiger partial charge in [-0.2, -0.15) is 0 Å². The normalized spacial score (nSPS) is 12.6. The Morgan fingerprint density at radius 1 is 1.39 bits per heavy atom. The van der Waals surface area contributed by atoms with E-state index < -0.39 is 0 Å². The lowest BCUT2D eigenvalue weighted by Crippen LogP contribution is -2.07. The third-order valence-corrected chi connectivity index (χ3v) is 4.04. The number of hydrogen-bond acceptors (Lipinski definition) is 3. The highest BCUT2D eigenvalue weighted by atomic mass is 32.1. The third-order valence-electron chi connectivity index (χ3n) is 3.16. The largest absolute Gasteiger partial charge is 0.396 e. The van der Waals surface area contributed by atoms with Gasteiger partial charge in [0.1, 0.15) is 0 Å². The fourth-order valence-corrected chi connectivity index (χ4v) is 2.85. The molecule has 0 spiro atoms. The van der Waals surface area contributed by atoms with E-state index in [4.69, 9.17) is 0 Å². The maximum atomic E-state index is 9.22. The van der Waals surface area contributed by atoms with Gasteiger partial charge in [-0.1, -0.05) is 37.1 Å². The Kier molecular flexibility index (Phi) is 4.50. The molecule has 0 aliphatic heterocycles. The standard InChI is InChI=1S/C15H19NOS/c1-3-12(9-17)8-15-16-14(10-18-15)13-6-4-5-11(2)7-13/h4-7,10,12,17H,3,8-9H2,1-2H3. The smallest absolute Gasteiger partial charge is 0.0936 e. The molecule has 2 nitrogen and oxygen atoms in total. The second-order valence-corrected chi connectivity index (χ2v) is 5.60. The molecule has 1 aromatic heterocycles. The van der Waals surface area contributed by atoms with Crippen molar-refractivity contribution in [1.82, 2.24) is 4.98 Å². The molecule has 3 heteroatoms. The monoisotopic (exact) mass is 261 g/mol. The number of hydrogen-bond donors (Lipinski definition) is 1. The molecule has 0 amide bonds. The highest BCUT2D eigenvalue weighted by molar-refractivity contribution is 7.09. The van der Waals surface area contributed by atoms with E-state index >= 15 is 0 Å². The average Bonchev–Trinajstić information content (AvgIpc) is 2.84. The van der Waals surface area contributed by atoms with Crippen LogP contribution in [0, 0.1) is 12.8 Å². The van der Waals surface area contributed by atoms with E-state index in [-0.39, 0.29) is 6.61 Å². The van der Waals surface area contributed by atoms with Crippen molar-refractivity contribution >= 4 is 11.3 Å². The molecule has 0 aliphatic rings. The molecule has 2 aromatic rings. The minimum atomic E-state index is 0.246. The van der Waals surface area contributed by atoms with Crippen molar-refractivity contribution in [2.45, 2.75) is 26.7 Å². The van der Waals surface area contributed by atoms with E-state index in [0.29, 0.717) is 5.92 Å². The Bertz CT molecular complexity index is 503. The van der Waals surface area contributed by atoms with Crippen molar-refractivity contribution < 1.29 is 5.11 Å². The van der Waals surface area contributed by atoms with Gasteiger partial charge in [0.2, 0.25) is 0 Å². The lowest BCUT2D eigenvalue weighted by Gasteiger charge is -2.08. The van der Waals surface area contributed by atoms with E-state index in [0.717, 1.165) is 23.5 Å². The quantitative estimate of drug-likeness (QED) is 0.890. The van der Waals surface area contributed by atoms with Crippen molar-refractivity contribution in [2.75, 3.05) is 6.61 Å². The lowest BCUT2D eigenvalue weighted by atomic mass is 10.0. The second kappa shape index (κ2) is 6.12. The van der Waals surface area contributed by atoms with Gasteiger partial charge in [0.05, 0.1) is 10.7 Å². The number of aliphatic hydroxyl groups excluding tert-OH is 1. The Morgan fingerprint density at radius 3 is 2.89 bits per heavy atom. The summed E-state index contributed by atoms with van der Waals surface area (Å²) in [6.45, 7) is 4.45. The van der Waals surface area contributed by atoms with Crippen LogP contribution in [0.4, 0.5) is 0 Å². The maximum absolute atomic E-state index is 9.22. The van der Waals surface area contributed by atoms with Gasteiger partial charge in [-0.25, -0.2) is 4.98 Å². The van der Waals surface area contributed by atoms with E-state index in [1.807, 2.05) is 0 Å². The molecule has 0 fully saturated rings. The molecular weight excluding hydrogens is 242 g/mol. The molecule has 0 saturated carbocycles. The summed E-state index contributed by atoms with van der Waals surface area (Å²) >= 11 is 1.69. The summed E-state index contributed by atoms with van der Waals surface area (Å²) in [6, 6.07) is 8.40. The number of rotatable bonds is 5. The van der Waals surface area contributed by atoms with Crippen LogP contribution in [0.3, 0.4) is 0 Å².